The monoisotopic (exact) mass is 353 g/mol. The Bertz CT molecular complexity index is 727. The standard InChI is InChI=1S/C18H18F3NO3/c1-24-14-7-8-16(25-2)15(11-14)17(23)22-10-9-12-3-5-13(6-4-12)18(19,20)21/h3-8,11H,9-10H2,1-2H3,(H,22,23). The first-order chi connectivity index (χ1) is 11.8. The van der Waals surface area contributed by atoms with Gasteiger partial charge in [-0.05, 0) is 42.3 Å². The Hall–Kier alpha value is -2.70. The Labute approximate surface area is 143 Å². The van der Waals surface area contributed by atoms with Gasteiger partial charge in [0.05, 0.1) is 25.3 Å². The van der Waals surface area contributed by atoms with Crippen molar-refractivity contribution >= 4 is 5.91 Å². The molecule has 0 heterocycles. The van der Waals surface area contributed by atoms with E-state index in [-0.39, 0.29) is 12.5 Å². The molecule has 0 saturated carbocycles. The number of benzene rings is 2. The van der Waals surface area contributed by atoms with Crippen molar-refractivity contribution in [3.05, 3.63) is 59.2 Å². The molecule has 0 unspecified atom stereocenters. The van der Waals surface area contributed by atoms with Gasteiger partial charge in [-0.2, -0.15) is 13.2 Å². The Morgan fingerprint density at radius 3 is 2.28 bits per heavy atom. The summed E-state index contributed by atoms with van der Waals surface area (Å²) in [7, 11) is 2.95. The van der Waals surface area contributed by atoms with Crippen LogP contribution in [0.3, 0.4) is 0 Å². The summed E-state index contributed by atoms with van der Waals surface area (Å²) >= 11 is 0. The lowest BCUT2D eigenvalue weighted by molar-refractivity contribution is -0.137. The fourth-order valence-corrected chi connectivity index (χ4v) is 2.27. The number of hydrogen-bond acceptors (Lipinski definition) is 3. The molecule has 0 aromatic heterocycles. The minimum Gasteiger partial charge on any atom is -0.497 e. The second kappa shape index (κ2) is 7.92. The number of carbonyl (C=O) groups excluding carboxylic acids is 1. The molecule has 0 spiro atoms. The van der Waals surface area contributed by atoms with E-state index < -0.39 is 11.7 Å². The van der Waals surface area contributed by atoms with Gasteiger partial charge in [0.15, 0.2) is 0 Å². The molecule has 134 valence electrons. The molecule has 0 aliphatic heterocycles. The van der Waals surface area contributed by atoms with Gasteiger partial charge in [0.2, 0.25) is 0 Å². The number of nitrogens with one attached hydrogen (secondary N) is 1. The lowest BCUT2D eigenvalue weighted by atomic mass is 10.1. The highest BCUT2D eigenvalue weighted by Gasteiger charge is 2.29. The third kappa shape index (κ3) is 4.89. The van der Waals surface area contributed by atoms with Crippen LogP contribution >= 0.6 is 0 Å². The fourth-order valence-electron chi connectivity index (χ4n) is 2.27. The number of methoxy groups -OCH3 is 2. The van der Waals surface area contributed by atoms with Gasteiger partial charge in [0.1, 0.15) is 11.5 Å². The number of carbonyl (C=O) groups is 1. The maximum atomic E-state index is 12.5. The lowest BCUT2D eigenvalue weighted by Gasteiger charge is -2.11. The number of hydrogen-bond donors (Lipinski definition) is 1. The van der Waals surface area contributed by atoms with Gasteiger partial charge < -0.3 is 14.8 Å². The van der Waals surface area contributed by atoms with E-state index in [4.69, 9.17) is 9.47 Å². The number of halogens is 3. The summed E-state index contributed by atoms with van der Waals surface area (Å²) in [6, 6.07) is 9.74. The van der Waals surface area contributed by atoms with Gasteiger partial charge in [-0.1, -0.05) is 12.1 Å². The number of ether oxygens (including phenoxy) is 2. The number of amides is 1. The maximum Gasteiger partial charge on any atom is 0.416 e. The molecule has 0 radical (unpaired) electrons. The summed E-state index contributed by atoms with van der Waals surface area (Å²) in [5, 5.41) is 2.72. The van der Waals surface area contributed by atoms with Crippen molar-refractivity contribution < 1.29 is 27.4 Å². The first kappa shape index (κ1) is 18.6. The van der Waals surface area contributed by atoms with Crippen molar-refractivity contribution in [3.63, 3.8) is 0 Å². The molecule has 0 aliphatic carbocycles. The largest absolute Gasteiger partial charge is 0.497 e. The predicted molar refractivity (Wildman–Crippen MR) is 87.0 cm³/mol. The van der Waals surface area contributed by atoms with Crippen LogP contribution in [0, 0.1) is 0 Å². The van der Waals surface area contributed by atoms with E-state index in [0.29, 0.717) is 29.0 Å². The molecule has 1 N–H and O–H groups in total. The van der Waals surface area contributed by atoms with Crippen LogP contribution in [-0.4, -0.2) is 26.7 Å². The molecular formula is C18H18F3NO3. The average Bonchev–Trinajstić information content (AvgIpc) is 2.60. The van der Waals surface area contributed by atoms with E-state index in [9.17, 15) is 18.0 Å². The molecule has 2 aromatic carbocycles. The molecule has 0 fully saturated rings. The zero-order chi connectivity index (χ0) is 18.4. The molecule has 4 nitrogen and oxygen atoms in total. The van der Waals surface area contributed by atoms with Crippen LogP contribution < -0.4 is 14.8 Å². The molecular weight excluding hydrogens is 335 g/mol. The summed E-state index contributed by atoms with van der Waals surface area (Å²) < 4.78 is 47.8. The molecule has 2 aromatic rings. The van der Waals surface area contributed by atoms with Crippen molar-refractivity contribution in [3.8, 4) is 11.5 Å². The molecule has 7 heteroatoms. The van der Waals surface area contributed by atoms with E-state index in [1.807, 2.05) is 0 Å². The van der Waals surface area contributed by atoms with Crippen molar-refractivity contribution in [2.24, 2.45) is 0 Å². The summed E-state index contributed by atoms with van der Waals surface area (Å²) in [6.07, 6.45) is -3.94. The Kier molecular flexibility index (Phi) is 5.90. The Morgan fingerprint density at radius 2 is 1.72 bits per heavy atom. The van der Waals surface area contributed by atoms with Crippen LogP contribution in [0.2, 0.25) is 0 Å². The molecule has 1 amide bonds. The van der Waals surface area contributed by atoms with Gasteiger partial charge in [-0.15, -0.1) is 0 Å². The van der Waals surface area contributed by atoms with Gasteiger partial charge >= 0.3 is 6.18 Å². The highest BCUT2D eigenvalue weighted by molar-refractivity contribution is 5.97. The first-order valence-electron chi connectivity index (χ1n) is 7.51. The predicted octanol–water partition coefficient (Wildman–Crippen LogP) is 3.70. The summed E-state index contributed by atoms with van der Waals surface area (Å²) in [5.41, 5.74) is 0.335. The summed E-state index contributed by atoms with van der Waals surface area (Å²) in [5.74, 6) is 0.587. The van der Waals surface area contributed by atoms with Crippen molar-refractivity contribution in [1.29, 1.82) is 0 Å². The zero-order valence-electron chi connectivity index (χ0n) is 13.8. The van der Waals surface area contributed by atoms with Crippen LogP contribution in [0.25, 0.3) is 0 Å². The van der Waals surface area contributed by atoms with Crippen LogP contribution in [0.5, 0.6) is 11.5 Å². The van der Waals surface area contributed by atoms with Crippen LogP contribution in [0.15, 0.2) is 42.5 Å². The van der Waals surface area contributed by atoms with Gasteiger partial charge in [-0.25, -0.2) is 0 Å². The zero-order valence-corrected chi connectivity index (χ0v) is 13.8. The molecule has 0 saturated heterocycles. The average molecular weight is 353 g/mol. The van der Waals surface area contributed by atoms with Crippen molar-refractivity contribution in [2.45, 2.75) is 12.6 Å². The van der Waals surface area contributed by atoms with E-state index in [0.717, 1.165) is 12.1 Å². The fraction of sp³-hybridized carbons (Fsp3) is 0.278. The van der Waals surface area contributed by atoms with Gasteiger partial charge in [-0.3, -0.25) is 4.79 Å². The number of alkyl halides is 3. The Morgan fingerprint density at radius 1 is 1.04 bits per heavy atom. The molecule has 0 atom stereocenters. The maximum absolute atomic E-state index is 12.5. The van der Waals surface area contributed by atoms with Crippen molar-refractivity contribution in [1.82, 2.24) is 5.32 Å². The summed E-state index contributed by atoms with van der Waals surface area (Å²) in [4.78, 5) is 12.3. The topological polar surface area (TPSA) is 47.6 Å². The summed E-state index contributed by atoms with van der Waals surface area (Å²) in [6.45, 7) is 0.282. The van der Waals surface area contributed by atoms with E-state index >= 15 is 0 Å². The lowest BCUT2D eigenvalue weighted by Crippen LogP contribution is -2.26. The number of rotatable bonds is 6. The smallest absolute Gasteiger partial charge is 0.416 e. The molecule has 2 rings (SSSR count). The normalized spacial score (nSPS) is 11.1. The first-order valence-corrected chi connectivity index (χ1v) is 7.51. The SMILES string of the molecule is COc1ccc(OC)c(C(=O)NCCc2ccc(C(F)(F)F)cc2)c1. The van der Waals surface area contributed by atoms with Crippen LogP contribution in [0.1, 0.15) is 21.5 Å². The second-order valence-electron chi connectivity index (χ2n) is 5.27. The van der Waals surface area contributed by atoms with Crippen LogP contribution in [0.4, 0.5) is 13.2 Å². The molecule has 0 aliphatic rings. The minimum atomic E-state index is -4.35. The highest BCUT2D eigenvalue weighted by Crippen LogP contribution is 2.29. The van der Waals surface area contributed by atoms with E-state index in [1.54, 1.807) is 18.2 Å². The van der Waals surface area contributed by atoms with E-state index in [1.165, 1.54) is 26.4 Å². The van der Waals surface area contributed by atoms with Gasteiger partial charge in [0, 0.05) is 6.54 Å². The Balaban J connectivity index is 1.96. The van der Waals surface area contributed by atoms with Crippen LogP contribution in [-0.2, 0) is 12.6 Å². The van der Waals surface area contributed by atoms with E-state index in [2.05, 4.69) is 5.32 Å². The molecule has 25 heavy (non-hydrogen) atoms. The molecule has 0 bridgehead atoms. The third-order valence-corrected chi connectivity index (χ3v) is 3.63. The quantitative estimate of drug-likeness (QED) is 0.862. The highest BCUT2D eigenvalue weighted by atomic mass is 19.4. The van der Waals surface area contributed by atoms with Crippen molar-refractivity contribution in [2.75, 3.05) is 20.8 Å². The second-order valence-corrected chi connectivity index (χ2v) is 5.27. The third-order valence-electron chi connectivity index (χ3n) is 3.63. The minimum absolute atomic E-state index is 0.282. The van der Waals surface area contributed by atoms with Gasteiger partial charge in [0.25, 0.3) is 5.91 Å².